The number of carbonyl (C=O) groups excluding carboxylic acids is 2. The van der Waals surface area contributed by atoms with Gasteiger partial charge in [-0.2, -0.15) is 0 Å². The van der Waals surface area contributed by atoms with Gasteiger partial charge in [-0.05, 0) is 25.0 Å². The third-order valence-corrected chi connectivity index (χ3v) is 3.13. The van der Waals surface area contributed by atoms with Crippen LogP contribution in [0.25, 0.3) is 0 Å². The average Bonchev–Trinajstić information content (AvgIpc) is 2.39. The SMILES string of the molecule is NC(=O)C1CCCN(C(=O)c2ccccc2)C1. The van der Waals surface area contributed by atoms with Crippen LogP contribution in [0.2, 0.25) is 0 Å². The highest BCUT2D eigenvalue weighted by Gasteiger charge is 2.27. The number of rotatable bonds is 2. The summed E-state index contributed by atoms with van der Waals surface area (Å²) in [6.07, 6.45) is 1.63. The zero-order valence-corrected chi connectivity index (χ0v) is 9.63. The fourth-order valence-corrected chi connectivity index (χ4v) is 2.16. The number of nitrogens with two attached hydrogens (primary N) is 1. The predicted octanol–water partition coefficient (Wildman–Crippen LogP) is 1.02. The summed E-state index contributed by atoms with van der Waals surface area (Å²) in [5.41, 5.74) is 5.96. The summed E-state index contributed by atoms with van der Waals surface area (Å²) in [5.74, 6) is -0.525. The number of amides is 2. The molecule has 1 aromatic carbocycles. The number of hydrogen-bond donors (Lipinski definition) is 1. The van der Waals surface area contributed by atoms with Crippen molar-refractivity contribution in [3.05, 3.63) is 35.9 Å². The van der Waals surface area contributed by atoms with Crippen LogP contribution in [-0.4, -0.2) is 29.8 Å². The Balaban J connectivity index is 2.07. The molecule has 1 unspecified atom stereocenters. The van der Waals surface area contributed by atoms with Gasteiger partial charge >= 0.3 is 0 Å². The molecule has 0 radical (unpaired) electrons. The molecule has 1 saturated heterocycles. The summed E-state index contributed by atoms with van der Waals surface area (Å²) in [6.45, 7) is 1.15. The third kappa shape index (κ3) is 2.64. The van der Waals surface area contributed by atoms with Crippen molar-refractivity contribution < 1.29 is 9.59 Å². The summed E-state index contributed by atoms with van der Waals surface area (Å²) in [6, 6.07) is 9.12. The number of carbonyl (C=O) groups is 2. The Bertz CT molecular complexity index is 417. The van der Waals surface area contributed by atoms with Gasteiger partial charge in [0, 0.05) is 18.7 Å². The molecule has 1 fully saturated rings. The van der Waals surface area contributed by atoms with E-state index in [1.807, 2.05) is 18.2 Å². The summed E-state index contributed by atoms with van der Waals surface area (Å²) in [4.78, 5) is 25.0. The minimum absolute atomic E-state index is 0.0171. The molecule has 2 amide bonds. The van der Waals surface area contributed by atoms with Gasteiger partial charge in [0.2, 0.25) is 5.91 Å². The van der Waals surface area contributed by atoms with Crippen molar-refractivity contribution in [2.24, 2.45) is 11.7 Å². The first kappa shape index (κ1) is 11.6. The molecule has 0 bridgehead atoms. The van der Waals surface area contributed by atoms with Crippen LogP contribution in [-0.2, 0) is 4.79 Å². The van der Waals surface area contributed by atoms with Crippen molar-refractivity contribution in [2.45, 2.75) is 12.8 Å². The minimum Gasteiger partial charge on any atom is -0.369 e. The maximum atomic E-state index is 12.1. The Morgan fingerprint density at radius 3 is 2.59 bits per heavy atom. The van der Waals surface area contributed by atoms with Crippen LogP contribution < -0.4 is 5.73 Å². The highest BCUT2D eigenvalue weighted by atomic mass is 16.2. The maximum Gasteiger partial charge on any atom is 0.253 e. The van der Waals surface area contributed by atoms with Gasteiger partial charge in [0.25, 0.3) is 5.91 Å². The molecule has 1 aromatic rings. The van der Waals surface area contributed by atoms with Gasteiger partial charge in [-0.1, -0.05) is 18.2 Å². The Morgan fingerprint density at radius 1 is 1.24 bits per heavy atom. The summed E-state index contributed by atoms with van der Waals surface area (Å²) >= 11 is 0. The molecule has 90 valence electrons. The van der Waals surface area contributed by atoms with E-state index in [1.54, 1.807) is 17.0 Å². The number of nitrogens with zero attached hydrogens (tertiary/aromatic N) is 1. The Morgan fingerprint density at radius 2 is 1.94 bits per heavy atom. The van der Waals surface area contributed by atoms with E-state index in [0.717, 1.165) is 12.8 Å². The summed E-state index contributed by atoms with van der Waals surface area (Å²) in [7, 11) is 0. The Hall–Kier alpha value is -1.84. The van der Waals surface area contributed by atoms with Crippen LogP contribution in [0, 0.1) is 5.92 Å². The lowest BCUT2D eigenvalue weighted by Crippen LogP contribution is -2.44. The first-order valence-electron chi connectivity index (χ1n) is 5.82. The van der Waals surface area contributed by atoms with Crippen LogP contribution in [0.4, 0.5) is 0 Å². The quantitative estimate of drug-likeness (QED) is 0.827. The molecule has 1 aliphatic heterocycles. The van der Waals surface area contributed by atoms with Crippen LogP contribution >= 0.6 is 0 Å². The maximum absolute atomic E-state index is 12.1. The molecular weight excluding hydrogens is 216 g/mol. The summed E-state index contributed by atoms with van der Waals surface area (Å²) in [5, 5.41) is 0. The monoisotopic (exact) mass is 232 g/mol. The molecule has 2 N–H and O–H groups in total. The second kappa shape index (κ2) is 4.99. The van der Waals surface area contributed by atoms with Gasteiger partial charge < -0.3 is 10.6 Å². The second-order valence-corrected chi connectivity index (χ2v) is 4.36. The van der Waals surface area contributed by atoms with Gasteiger partial charge in [0.15, 0.2) is 0 Å². The van der Waals surface area contributed by atoms with Crippen LogP contribution in [0.15, 0.2) is 30.3 Å². The fourth-order valence-electron chi connectivity index (χ4n) is 2.16. The van der Waals surface area contributed by atoms with Gasteiger partial charge in [0.05, 0.1) is 5.92 Å². The van der Waals surface area contributed by atoms with E-state index in [2.05, 4.69) is 0 Å². The summed E-state index contributed by atoms with van der Waals surface area (Å²) < 4.78 is 0. The van der Waals surface area contributed by atoms with Crippen LogP contribution in [0.5, 0.6) is 0 Å². The molecule has 1 atom stereocenters. The van der Waals surface area contributed by atoms with E-state index in [1.165, 1.54) is 0 Å². The second-order valence-electron chi connectivity index (χ2n) is 4.36. The minimum atomic E-state index is -0.310. The standard InChI is InChI=1S/C13H16N2O2/c14-12(16)11-7-4-8-15(9-11)13(17)10-5-2-1-3-6-10/h1-3,5-6,11H,4,7-9H2,(H2,14,16). The molecule has 1 heterocycles. The van der Waals surface area contributed by atoms with E-state index >= 15 is 0 Å². The topological polar surface area (TPSA) is 63.4 Å². The van der Waals surface area contributed by atoms with Crippen LogP contribution in [0.3, 0.4) is 0 Å². The fraction of sp³-hybridized carbons (Fsp3) is 0.385. The Labute approximate surface area is 100 Å². The van der Waals surface area contributed by atoms with E-state index in [4.69, 9.17) is 5.73 Å². The predicted molar refractivity (Wildman–Crippen MR) is 64.3 cm³/mol. The first-order chi connectivity index (χ1) is 8.18. The highest BCUT2D eigenvalue weighted by molar-refractivity contribution is 5.94. The number of primary amides is 1. The number of likely N-dealkylation sites (tertiary alicyclic amines) is 1. The normalized spacial score (nSPS) is 20.0. The largest absolute Gasteiger partial charge is 0.369 e. The zero-order chi connectivity index (χ0) is 12.3. The van der Waals surface area contributed by atoms with Gasteiger partial charge in [-0.15, -0.1) is 0 Å². The zero-order valence-electron chi connectivity index (χ0n) is 9.63. The van der Waals surface area contributed by atoms with E-state index < -0.39 is 0 Å². The van der Waals surface area contributed by atoms with Crippen molar-refractivity contribution in [1.29, 1.82) is 0 Å². The van der Waals surface area contributed by atoms with Crippen LogP contribution in [0.1, 0.15) is 23.2 Å². The van der Waals surface area contributed by atoms with E-state index in [0.29, 0.717) is 18.7 Å². The van der Waals surface area contributed by atoms with Gasteiger partial charge in [-0.25, -0.2) is 0 Å². The van der Waals surface area contributed by atoms with Crippen molar-refractivity contribution in [3.63, 3.8) is 0 Å². The van der Waals surface area contributed by atoms with Gasteiger partial charge in [-0.3, -0.25) is 9.59 Å². The van der Waals surface area contributed by atoms with E-state index in [9.17, 15) is 9.59 Å². The molecule has 4 nitrogen and oxygen atoms in total. The molecule has 0 aromatic heterocycles. The Kier molecular flexibility index (Phi) is 3.42. The molecular formula is C13H16N2O2. The molecule has 0 saturated carbocycles. The smallest absolute Gasteiger partial charge is 0.253 e. The number of piperidine rings is 1. The van der Waals surface area contributed by atoms with Gasteiger partial charge in [0.1, 0.15) is 0 Å². The first-order valence-corrected chi connectivity index (χ1v) is 5.82. The molecule has 2 rings (SSSR count). The molecule has 17 heavy (non-hydrogen) atoms. The number of benzene rings is 1. The van der Waals surface area contributed by atoms with Crippen molar-refractivity contribution in [1.82, 2.24) is 4.90 Å². The molecule has 0 aliphatic carbocycles. The molecule has 1 aliphatic rings. The molecule has 4 heteroatoms. The molecule has 0 spiro atoms. The lowest BCUT2D eigenvalue weighted by Gasteiger charge is -2.31. The van der Waals surface area contributed by atoms with Crippen molar-refractivity contribution in [3.8, 4) is 0 Å². The lowest BCUT2D eigenvalue weighted by atomic mass is 9.97. The third-order valence-electron chi connectivity index (χ3n) is 3.13. The highest BCUT2D eigenvalue weighted by Crippen LogP contribution is 2.18. The lowest BCUT2D eigenvalue weighted by molar-refractivity contribution is -0.123. The van der Waals surface area contributed by atoms with E-state index in [-0.39, 0.29) is 17.7 Å². The van der Waals surface area contributed by atoms with Crippen molar-refractivity contribution in [2.75, 3.05) is 13.1 Å². The number of hydrogen-bond acceptors (Lipinski definition) is 2. The average molecular weight is 232 g/mol. The van der Waals surface area contributed by atoms with Crippen molar-refractivity contribution >= 4 is 11.8 Å².